The van der Waals surface area contributed by atoms with Crippen LogP contribution in [0.4, 0.5) is 15.8 Å². The molecule has 0 spiro atoms. The summed E-state index contributed by atoms with van der Waals surface area (Å²) >= 11 is 0. The van der Waals surface area contributed by atoms with Crippen molar-refractivity contribution >= 4 is 11.4 Å². The van der Waals surface area contributed by atoms with Crippen LogP contribution in [0.2, 0.25) is 0 Å². The molecular formula is C14H13FN2O2. The highest BCUT2D eigenvalue weighted by molar-refractivity contribution is 5.51. The van der Waals surface area contributed by atoms with Crippen LogP contribution in [0.3, 0.4) is 0 Å². The lowest BCUT2D eigenvalue weighted by Gasteiger charge is -2.07. The van der Waals surface area contributed by atoms with Crippen LogP contribution in [-0.4, -0.2) is 4.92 Å². The third kappa shape index (κ3) is 3.51. The van der Waals surface area contributed by atoms with Crippen LogP contribution in [0.15, 0.2) is 42.5 Å². The Morgan fingerprint density at radius 1 is 1.26 bits per heavy atom. The molecule has 2 aromatic rings. The molecule has 0 unspecified atom stereocenters. The lowest BCUT2D eigenvalue weighted by molar-refractivity contribution is -0.385. The van der Waals surface area contributed by atoms with E-state index >= 15 is 0 Å². The predicted octanol–water partition coefficient (Wildman–Crippen LogP) is 3.65. The number of benzene rings is 2. The smallest absolute Gasteiger partial charge is 0.274 e. The van der Waals surface area contributed by atoms with Gasteiger partial charge in [-0.15, -0.1) is 0 Å². The summed E-state index contributed by atoms with van der Waals surface area (Å²) in [4.78, 5) is 10.0. The van der Waals surface area contributed by atoms with E-state index in [1.807, 2.05) is 31.2 Å². The molecule has 0 aliphatic heterocycles. The number of anilines is 1. The summed E-state index contributed by atoms with van der Waals surface area (Å²) in [6, 6.07) is 11.3. The van der Waals surface area contributed by atoms with E-state index in [0.29, 0.717) is 12.2 Å². The first-order valence-corrected chi connectivity index (χ1v) is 5.79. The number of rotatable bonds is 4. The molecule has 98 valence electrons. The van der Waals surface area contributed by atoms with Crippen molar-refractivity contribution in [1.82, 2.24) is 0 Å². The van der Waals surface area contributed by atoms with Crippen LogP contribution in [0.5, 0.6) is 0 Å². The minimum absolute atomic E-state index is 0.258. The number of halogens is 1. The van der Waals surface area contributed by atoms with E-state index in [1.165, 1.54) is 12.1 Å². The van der Waals surface area contributed by atoms with Gasteiger partial charge in [0.05, 0.1) is 11.0 Å². The van der Waals surface area contributed by atoms with E-state index in [1.54, 1.807) is 0 Å². The predicted molar refractivity (Wildman–Crippen MR) is 71.6 cm³/mol. The molecular weight excluding hydrogens is 247 g/mol. The van der Waals surface area contributed by atoms with Gasteiger partial charge < -0.3 is 5.32 Å². The van der Waals surface area contributed by atoms with Gasteiger partial charge in [-0.05, 0) is 18.6 Å². The maximum Gasteiger partial charge on any atom is 0.274 e. The van der Waals surface area contributed by atoms with Crippen molar-refractivity contribution in [3.05, 3.63) is 69.5 Å². The van der Waals surface area contributed by atoms with E-state index < -0.39 is 10.7 Å². The number of nitrogens with zero attached hydrogens (tertiary/aromatic N) is 1. The van der Waals surface area contributed by atoms with Crippen molar-refractivity contribution in [1.29, 1.82) is 0 Å². The van der Waals surface area contributed by atoms with E-state index in [0.717, 1.165) is 17.2 Å². The molecule has 0 saturated heterocycles. The second-order valence-electron chi connectivity index (χ2n) is 4.30. The first-order valence-electron chi connectivity index (χ1n) is 5.79. The Hall–Kier alpha value is -2.43. The monoisotopic (exact) mass is 260 g/mol. The lowest BCUT2D eigenvalue weighted by atomic mass is 10.1. The van der Waals surface area contributed by atoms with Crippen molar-refractivity contribution in [2.45, 2.75) is 13.5 Å². The normalized spacial score (nSPS) is 10.2. The molecule has 0 aromatic heterocycles. The number of nitro benzene ring substituents is 1. The van der Waals surface area contributed by atoms with E-state index in [2.05, 4.69) is 5.32 Å². The lowest BCUT2D eigenvalue weighted by Crippen LogP contribution is -2.01. The van der Waals surface area contributed by atoms with Gasteiger partial charge in [0.2, 0.25) is 0 Å². The van der Waals surface area contributed by atoms with Crippen molar-refractivity contribution in [3.63, 3.8) is 0 Å². The molecule has 0 radical (unpaired) electrons. The highest BCUT2D eigenvalue weighted by Gasteiger charge is 2.09. The number of aryl methyl sites for hydroxylation is 1. The molecule has 1 N–H and O–H groups in total. The molecule has 2 rings (SSSR count). The second-order valence-corrected chi connectivity index (χ2v) is 4.30. The third-order valence-corrected chi connectivity index (χ3v) is 2.67. The highest BCUT2D eigenvalue weighted by Crippen LogP contribution is 2.20. The number of hydrogen-bond acceptors (Lipinski definition) is 3. The Balaban J connectivity index is 2.13. The first-order chi connectivity index (χ1) is 9.04. The number of nitro groups is 1. The van der Waals surface area contributed by atoms with Crippen LogP contribution >= 0.6 is 0 Å². The van der Waals surface area contributed by atoms with Crippen molar-refractivity contribution < 1.29 is 9.31 Å². The van der Waals surface area contributed by atoms with Crippen LogP contribution in [0.1, 0.15) is 11.1 Å². The fourth-order valence-electron chi connectivity index (χ4n) is 1.81. The molecule has 0 fully saturated rings. The van der Waals surface area contributed by atoms with Crippen molar-refractivity contribution in [2.24, 2.45) is 0 Å². The Bertz CT molecular complexity index is 614. The largest absolute Gasteiger partial charge is 0.381 e. The Kier molecular flexibility index (Phi) is 3.75. The zero-order chi connectivity index (χ0) is 13.8. The maximum absolute atomic E-state index is 13.2. The summed E-state index contributed by atoms with van der Waals surface area (Å²) in [6.07, 6.45) is 0. The zero-order valence-electron chi connectivity index (χ0n) is 10.4. The Morgan fingerprint density at radius 3 is 2.74 bits per heavy atom. The number of nitrogens with one attached hydrogen (secondary N) is 1. The summed E-state index contributed by atoms with van der Waals surface area (Å²) < 4.78 is 13.2. The standard InChI is InChI=1S/C14H13FN2O2/c1-10-3-2-4-11(5-10)9-16-13-6-12(15)7-14(8-13)17(18)19/h2-8,16H,9H2,1H3. The van der Waals surface area contributed by atoms with Gasteiger partial charge in [0, 0.05) is 18.3 Å². The fraction of sp³-hybridized carbons (Fsp3) is 0.143. The maximum atomic E-state index is 13.2. The molecule has 0 aliphatic carbocycles. The number of hydrogen-bond donors (Lipinski definition) is 1. The minimum Gasteiger partial charge on any atom is -0.381 e. The van der Waals surface area contributed by atoms with Crippen LogP contribution in [-0.2, 0) is 6.54 Å². The molecule has 2 aromatic carbocycles. The molecule has 0 atom stereocenters. The topological polar surface area (TPSA) is 55.2 Å². The molecule has 0 aliphatic rings. The van der Waals surface area contributed by atoms with E-state index in [4.69, 9.17) is 0 Å². The van der Waals surface area contributed by atoms with Gasteiger partial charge in [-0.1, -0.05) is 29.8 Å². The van der Waals surface area contributed by atoms with Gasteiger partial charge in [0.1, 0.15) is 5.82 Å². The summed E-state index contributed by atoms with van der Waals surface area (Å²) in [5.74, 6) is -0.624. The average Bonchev–Trinajstić information content (AvgIpc) is 2.36. The molecule has 19 heavy (non-hydrogen) atoms. The SMILES string of the molecule is Cc1cccc(CNc2cc(F)cc([N+](=O)[O-])c2)c1. The van der Waals surface area contributed by atoms with Crippen molar-refractivity contribution in [3.8, 4) is 0 Å². The summed E-state index contributed by atoms with van der Waals surface area (Å²) in [7, 11) is 0. The van der Waals surface area contributed by atoms with Gasteiger partial charge in [-0.3, -0.25) is 10.1 Å². The molecule has 0 amide bonds. The molecule has 0 bridgehead atoms. The fourth-order valence-corrected chi connectivity index (χ4v) is 1.81. The molecule has 5 heteroatoms. The van der Waals surface area contributed by atoms with E-state index in [9.17, 15) is 14.5 Å². The highest BCUT2D eigenvalue weighted by atomic mass is 19.1. The minimum atomic E-state index is -0.624. The van der Waals surface area contributed by atoms with Gasteiger partial charge in [0.15, 0.2) is 0 Å². The van der Waals surface area contributed by atoms with Crippen LogP contribution in [0.25, 0.3) is 0 Å². The summed E-state index contributed by atoms with van der Waals surface area (Å²) in [6.45, 7) is 2.47. The summed E-state index contributed by atoms with van der Waals surface area (Å²) in [5.41, 5.74) is 2.30. The second kappa shape index (κ2) is 5.48. The van der Waals surface area contributed by atoms with Crippen LogP contribution in [0, 0.1) is 22.9 Å². The zero-order valence-corrected chi connectivity index (χ0v) is 10.4. The summed E-state index contributed by atoms with van der Waals surface area (Å²) in [5, 5.41) is 13.6. The molecule has 0 heterocycles. The van der Waals surface area contributed by atoms with E-state index in [-0.39, 0.29) is 5.69 Å². The first kappa shape index (κ1) is 13.0. The average molecular weight is 260 g/mol. The van der Waals surface area contributed by atoms with Gasteiger partial charge in [-0.25, -0.2) is 4.39 Å². The van der Waals surface area contributed by atoms with Crippen LogP contribution < -0.4 is 5.32 Å². The number of non-ortho nitro benzene ring substituents is 1. The molecule has 0 saturated carbocycles. The van der Waals surface area contributed by atoms with Gasteiger partial charge in [-0.2, -0.15) is 0 Å². The quantitative estimate of drug-likeness (QED) is 0.674. The van der Waals surface area contributed by atoms with Gasteiger partial charge >= 0.3 is 0 Å². The Morgan fingerprint density at radius 2 is 2.05 bits per heavy atom. The van der Waals surface area contributed by atoms with Crippen molar-refractivity contribution in [2.75, 3.05) is 5.32 Å². The molecule has 4 nitrogen and oxygen atoms in total. The third-order valence-electron chi connectivity index (χ3n) is 2.67. The Labute approximate surface area is 110 Å². The van der Waals surface area contributed by atoms with Gasteiger partial charge in [0.25, 0.3) is 5.69 Å².